The maximum atomic E-state index is 12.9. The van der Waals surface area contributed by atoms with Crippen molar-refractivity contribution < 1.29 is 22.7 Å². The first-order chi connectivity index (χ1) is 12.8. The standard InChI is InChI=1S/C19H22N2O5S/c1-12(2)10-14(19(23)26-3)20-17(22)11-21-15-8-4-6-13-7-5-9-16(18(13)15)27(21,24)25/h4-9,12,14H,10-11H2,1-3H3,(H,20,22)/t14-/m0/s1. The summed E-state index contributed by atoms with van der Waals surface area (Å²) in [7, 11) is -2.57. The van der Waals surface area contributed by atoms with Gasteiger partial charge in [-0.3, -0.25) is 9.10 Å². The number of sulfonamides is 1. The SMILES string of the molecule is COC(=O)[C@H](CC(C)C)NC(=O)CN1c2cccc3cccc(c23)S1(=O)=O. The van der Waals surface area contributed by atoms with Crippen LogP contribution < -0.4 is 9.62 Å². The fourth-order valence-electron chi connectivity index (χ4n) is 3.33. The Morgan fingerprint density at radius 2 is 1.81 bits per heavy atom. The quantitative estimate of drug-likeness (QED) is 0.762. The summed E-state index contributed by atoms with van der Waals surface area (Å²) in [5, 5.41) is 4.01. The van der Waals surface area contributed by atoms with Gasteiger partial charge in [0.1, 0.15) is 12.6 Å². The Hall–Kier alpha value is -2.61. The summed E-state index contributed by atoms with van der Waals surface area (Å²) in [6.07, 6.45) is 0.404. The molecule has 0 bridgehead atoms. The Labute approximate surface area is 158 Å². The number of hydrogen-bond donors (Lipinski definition) is 1. The third kappa shape index (κ3) is 3.49. The molecule has 8 heteroatoms. The minimum atomic E-state index is -3.82. The van der Waals surface area contributed by atoms with Gasteiger partial charge in [0.15, 0.2) is 0 Å². The van der Waals surface area contributed by atoms with Crippen molar-refractivity contribution in [2.45, 2.75) is 31.2 Å². The van der Waals surface area contributed by atoms with Crippen LogP contribution >= 0.6 is 0 Å². The summed E-state index contributed by atoms with van der Waals surface area (Å²) < 4.78 is 31.6. The molecule has 1 heterocycles. The highest BCUT2D eigenvalue weighted by Crippen LogP contribution is 2.41. The van der Waals surface area contributed by atoms with Crippen molar-refractivity contribution in [2.75, 3.05) is 18.0 Å². The topological polar surface area (TPSA) is 92.8 Å². The van der Waals surface area contributed by atoms with E-state index in [1.54, 1.807) is 18.2 Å². The third-order valence-electron chi connectivity index (χ3n) is 4.50. The van der Waals surface area contributed by atoms with Crippen LogP contribution in [0.25, 0.3) is 10.8 Å². The Bertz CT molecular complexity index is 995. The van der Waals surface area contributed by atoms with E-state index in [0.29, 0.717) is 17.5 Å². The van der Waals surface area contributed by atoms with Crippen molar-refractivity contribution in [1.82, 2.24) is 5.32 Å². The second-order valence-corrected chi connectivity index (χ2v) is 8.75. The first-order valence-corrected chi connectivity index (χ1v) is 10.1. The second-order valence-electron chi connectivity index (χ2n) is 6.92. The van der Waals surface area contributed by atoms with Crippen molar-refractivity contribution in [3.8, 4) is 0 Å². The first-order valence-electron chi connectivity index (χ1n) is 8.67. The van der Waals surface area contributed by atoms with Crippen LogP contribution in [0.1, 0.15) is 20.3 Å². The zero-order valence-electron chi connectivity index (χ0n) is 15.4. The van der Waals surface area contributed by atoms with Crippen LogP contribution in [0.5, 0.6) is 0 Å². The number of rotatable bonds is 6. The molecule has 144 valence electrons. The van der Waals surface area contributed by atoms with E-state index in [1.165, 1.54) is 13.2 Å². The van der Waals surface area contributed by atoms with Gasteiger partial charge in [0.2, 0.25) is 5.91 Å². The number of benzene rings is 2. The Morgan fingerprint density at radius 1 is 1.15 bits per heavy atom. The van der Waals surface area contributed by atoms with E-state index in [1.807, 2.05) is 26.0 Å². The molecule has 0 unspecified atom stereocenters. The highest BCUT2D eigenvalue weighted by Gasteiger charge is 2.37. The van der Waals surface area contributed by atoms with E-state index in [0.717, 1.165) is 9.69 Å². The van der Waals surface area contributed by atoms with E-state index in [-0.39, 0.29) is 10.8 Å². The van der Waals surface area contributed by atoms with Crippen LogP contribution in [-0.2, 0) is 24.3 Å². The molecule has 0 aliphatic carbocycles. The molecule has 27 heavy (non-hydrogen) atoms. The van der Waals surface area contributed by atoms with Crippen molar-refractivity contribution in [1.29, 1.82) is 0 Å². The lowest BCUT2D eigenvalue weighted by Crippen LogP contribution is -2.47. The van der Waals surface area contributed by atoms with Crippen LogP contribution in [0.3, 0.4) is 0 Å². The molecule has 0 radical (unpaired) electrons. The van der Waals surface area contributed by atoms with E-state index in [9.17, 15) is 18.0 Å². The molecule has 0 saturated carbocycles. The number of nitrogens with zero attached hydrogens (tertiary/aromatic N) is 1. The van der Waals surface area contributed by atoms with Crippen LogP contribution in [0.15, 0.2) is 41.3 Å². The maximum Gasteiger partial charge on any atom is 0.328 e. The Morgan fingerprint density at radius 3 is 2.44 bits per heavy atom. The molecule has 0 spiro atoms. The smallest absolute Gasteiger partial charge is 0.328 e. The van der Waals surface area contributed by atoms with Gasteiger partial charge < -0.3 is 10.1 Å². The summed E-state index contributed by atoms with van der Waals surface area (Å²) >= 11 is 0. The maximum absolute atomic E-state index is 12.9. The summed E-state index contributed by atoms with van der Waals surface area (Å²) in [6.45, 7) is 3.44. The fourth-order valence-corrected chi connectivity index (χ4v) is 4.99. The number of methoxy groups -OCH3 is 1. The van der Waals surface area contributed by atoms with Gasteiger partial charge in [-0.05, 0) is 29.9 Å². The van der Waals surface area contributed by atoms with Crippen molar-refractivity contribution in [3.05, 3.63) is 36.4 Å². The van der Waals surface area contributed by atoms with E-state index in [4.69, 9.17) is 4.74 Å². The number of nitrogens with one attached hydrogen (secondary N) is 1. The van der Waals surface area contributed by atoms with Gasteiger partial charge >= 0.3 is 5.97 Å². The van der Waals surface area contributed by atoms with E-state index < -0.39 is 34.5 Å². The van der Waals surface area contributed by atoms with Crippen molar-refractivity contribution in [2.24, 2.45) is 5.92 Å². The lowest BCUT2D eigenvalue weighted by atomic mass is 10.0. The average molecular weight is 390 g/mol. The zero-order chi connectivity index (χ0) is 19.8. The molecule has 7 nitrogen and oxygen atoms in total. The molecule has 1 aliphatic rings. The van der Waals surface area contributed by atoms with Crippen molar-refractivity contribution in [3.63, 3.8) is 0 Å². The largest absolute Gasteiger partial charge is 0.467 e. The fraction of sp³-hybridized carbons (Fsp3) is 0.368. The molecule has 3 rings (SSSR count). The van der Waals surface area contributed by atoms with Gasteiger partial charge in [0.25, 0.3) is 10.0 Å². The minimum absolute atomic E-state index is 0.155. The molecule has 0 aromatic heterocycles. The van der Waals surface area contributed by atoms with Crippen LogP contribution in [-0.4, -0.2) is 40.0 Å². The number of carbonyl (C=O) groups excluding carboxylic acids is 2. The van der Waals surface area contributed by atoms with Gasteiger partial charge in [-0.2, -0.15) is 0 Å². The summed E-state index contributed by atoms with van der Waals surface area (Å²) in [6, 6.07) is 9.49. The van der Waals surface area contributed by atoms with Crippen molar-refractivity contribution >= 4 is 38.4 Å². The molecule has 0 saturated heterocycles. The second kappa shape index (κ2) is 7.19. The summed E-state index contributed by atoms with van der Waals surface area (Å²) in [4.78, 5) is 24.6. The van der Waals surface area contributed by atoms with E-state index in [2.05, 4.69) is 5.32 Å². The molecule has 1 atom stereocenters. The first kappa shape index (κ1) is 19.2. The van der Waals surface area contributed by atoms with Gasteiger partial charge in [0, 0.05) is 5.39 Å². The molecule has 1 N–H and O–H groups in total. The molecule has 0 fully saturated rings. The zero-order valence-corrected chi connectivity index (χ0v) is 16.2. The van der Waals surface area contributed by atoms with Crippen LogP contribution in [0, 0.1) is 5.92 Å². The Balaban J connectivity index is 1.87. The summed E-state index contributed by atoms with van der Waals surface area (Å²) in [5.41, 5.74) is 0.469. The number of carbonyl (C=O) groups is 2. The van der Waals surface area contributed by atoms with E-state index >= 15 is 0 Å². The third-order valence-corrected chi connectivity index (χ3v) is 6.30. The summed E-state index contributed by atoms with van der Waals surface area (Å²) in [5.74, 6) is -0.950. The number of hydrogen-bond acceptors (Lipinski definition) is 5. The molecular weight excluding hydrogens is 368 g/mol. The van der Waals surface area contributed by atoms with Gasteiger partial charge in [-0.15, -0.1) is 0 Å². The predicted molar refractivity (Wildman–Crippen MR) is 102 cm³/mol. The molecule has 2 aromatic rings. The minimum Gasteiger partial charge on any atom is -0.467 e. The van der Waals surface area contributed by atoms with Crippen LogP contribution in [0.4, 0.5) is 5.69 Å². The van der Waals surface area contributed by atoms with Gasteiger partial charge in [0.05, 0.1) is 17.7 Å². The number of anilines is 1. The van der Waals surface area contributed by atoms with Gasteiger partial charge in [-0.1, -0.05) is 38.1 Å². The normalized spacial score (nSPS) is 15.8. The number of esters is 1. The molecule has 1 aliphatic heterocycles. The number of amides is 1. The number of ether oxygens (including phenoxy) is 1. The average Bonchev–Trinajstić information content (AvgIpc) is 2.83. The molecule has 1 amide bonds. The lowest BCUT2D eigenvalue weighted by molar-refractivity contribution is -0.145. The van der Waals surface area contributed by atoms with Crippen LogP contribution in [0.2, 0.25) is 0 Å². The van der Waals surface area contributed by atoms with Gasteiger partial charge in [-0.25, -0.2) is 13.2 Å². The highest BCUT2D eigenvalue weighted by atomic mass is 32.2. The molecular formula is C19H22N2O5S. The molecule has 2 aromatic carbocycles. The monoisotopic (exact) mass is 390 g/mol. The lowest BCUT2D eigenvalue weighted by Gasteiger charge is -2.22. The Kier molecular flexibility index (Phi) is 5.10. The highest BCUT2D eigenvalue weighted by molar-refractivity contribution is 7.93. The predicted octanol–water partition coefficient (Wildman–Crippen LogP) is 2.05.